The first-order valence-corrected chi connectivity index (χ1v) is 10.8. The van der Waals surface area contributed by atoms with Crippen molar-refractivity contribution >= 4 is 34.8 Å². The number of nitrogens with one attached hydrogen (secondary N) is 1. The highest BCUT2D eigenvalue weighted by Crippen LogP contribution is 2.47. The van der Waals surface area contributed by atoms with Crippen molar-refractivity contribution < 1.29 is 9.59 Å². The van der Waals surface area contributed by atoms with E-state index < -0.39 is 11.8 Å². The Morgan fingerprint density at radius 3 is 2.48 bits per heavy atom. The van der Waals surface area contributed by atoms with Crippen molar-refractivity contribution in [3.63, 3.8) is 0 Å². The van der Waals surface area contributed by atoms with E-state index in [2.05, 4.69) is 24.1 Å². The van der Waals surface area contributed by atoms with Gasteiger partial charge >= 0.3 is 0 Å². The molecule has 2 heterocycles. The SMILES string of the molecule is CC1=NC2=C(C(=O)CC(C)(C)C2)[C@H](c2ccc(Cl)cc2)C1C(=O)Nc1cccc(C)n1. The quantitative estimate of drug-likeness (QED) is 0.691. The van der Waals surface area contributed by atoms with Crippen LogP contribution in [0.25, 0.3) is 0 Å². The van der Waals surface area contributed by atoms with Gasteiger partial charge < -0.3 is 5.32 Å². The molecule has 1 N–H and O–H groups in total. The zero-order valence-electron chi connectivity index (χ0n) is 18.2. The first-order chi connectivity index (χ1) is 14.6. The van der Waals surface area contributed by atoms with Gasteiger partial charge in [0.05, 0.1) is 5.92 Å². The zero-order chi connectivity index (χ0) is 22.3. The molecule has 1 aromatic carbocycles. The fourth-order valence-electron chi connectivity index (χ4n) is 4.63. The van der Waals surface area contributed by atoms with Crippen molar-refractivity contribution in [1.29, 1.82) is 0 Å². The molecule has 4 rings (SSSR count). The van der Waals surface area contributed by atoms with Gasteiger partial charge in [-0.2, -0.15) is 0 Å². The van der Waals surface area contributed by atoms with E-state index >= 15 is 0 Å². The number of Topliss-reactive ketones (excluding diaryl/α,β-unsaturated/α-hetero) is 1. The second kappa shape index (κ2) is 8.04. The Bertz CT molecular complexity index is 1120. The summed E-state index contributed by atoms with van der Waals surface area (Å²) < 4.78 is 0. The maximum Gasteiger partial charge on any atom is 0.235 e. The van der Waals surface area contributed by atoms with Crippen LogP contribution in [0.2, 0.25) is 5.02 Å². The van der Waals surface area contributed by atoms with E-state index in [1.54, 1.807) is 18.2 Å². The molecule has 0 saturated heterocycles. The van der Waals surface area contributed by atoms with Crippen molar-refractivity contribution in [1.82, 2.24) is 4.98 Å². The standard InChI is InChI=1S/C25H26ClN3O2/c1-14-6-5-7-20(27-14)29-24(31)21-15(2)28-18-12-25(3,4)13-19(30)23(18)22(21)16-8-10-17(26)11-9-16/h5-11,21-22H,12-13H2,1-4H3,(H,27,29,31)/t21?,22-/m1/s1. The predicted octanol–water partition coefficient (Wildman–Crippen LogP) is 5.50. The third kappa shape index (κ3) is 4.33. The topological polar surface area (TPSA) is 71.4 Å². The summed E-state index contributed by atoms with van der Waals surface area (Å²) in [4.78, 5) is 35.9. The summed E-state index contributed by atoms with van der Waals surface area (Å²) in [5, 5.41) is 3.54. The molecule has 6 heteroatoms. The molecule has 0 spiro atoms. The largest absolute Gasteiger partial charge is 0.310 e. The molecule has 1 aliphatic carbocycles. The summed E-state index contributed by atoms with van der Waals surface area (Å²) in [5.41, 5.74) is 3.72. The van der Waals surface area contributed by atoms with E-state index in [-0.39, 0.29) is 17.1 Å². The van der Waals surface area contributed by atoms with E-state index in [0.717, 1.165) is 17.0 Å². The lowest BCUT2D eigenvalue weighted by Crippen LogP contribution is -2.41. The molecule has 1 aromatic heterocycles. The van der Waals surface area contributed by atoms with E-state index in [9.17, 15) is 9.59 Å². The van der Waals surface area contributed by atoms with Crippen LogP contribution < -0.4 is 5.32 Å². The lowest BCUT2D eigenvalue weighted by atomic mass is 9.66. The number of pyridine rings is 1. The number of anilines is 1. The number of benzene rings is 1. The Balaban J connectivity index is 1.79. The molecular weight excluding hydrogens is 410 g/mol. The number of allylic oxidation sites excluding steroid dienone is 2. The summed E-state index contributed by atoms with van der Waals surface area (Å²) >= 11 is 6.11. The van der Waals surface area contributed by atoms with Crippen LogP contribution >= 0.6 is 11.6 Å². The zero-order valence-corrected chi connectivity index (χ0v) is 19.0. The smallest absolute Gasteiger partial charge is 0.235 e. The van der Waals surface area contributed by atoms with Crippen LogP contribution in [0.1, 0.15) is 50.8 Å². The van der Waals surface area contributed by atoms with Gasteiger partial charge in [-0.05, 0) is 55.5 Å². The average molecular weight is 436 g/mol. The van der Waals surface area contributed by atoms with Crippen molar-refractivity contribution in [2.75, 3.05) is 5.32 Å². The van der Waals surface area contributed by atoms with Crippen LogP contribution in [0.4, 0.5) is 5.82 Å². The predicted molar refractivity (Wildman–Crippen MR) is 123 cm³/mol. The van der Waals surface area contributed by atoms with Gasteiger partial charge in [-0.15, -0.1) is 0 Å². The maximum atomic E-state index is 13.5. The van der Waals surface area contributed by atoms with Gasteiger partial charge in [0.25, 0.3) is 0 Å². The Morgan fingerprint density at radius 1 is 1.10 bits per heavy atom. The second-order valence-electron chi connectivity index (χ2n) is 9.21. The molecule has 0 radical (unpaired) electrons. The molecule has 1 aliphatic heterocycles. The summed E-state index contributed by atoms with van der Waals surface area (Å²) in [5.74, 6) is -0.675. The third-order valence-corrected chi connectivity index (χ3v) is 6.21. The minimum Gasteiger partial charge on any atom is -0.310 e. The van der Waals surface area contributed by atoms with Crippen LogP contribution in [-0.2, 0) is 9.59 Å². The minimum atomic E-state index is -0.604. The van der Waals surface area contributed by atoms with Gasteiger partial charge in [0.2, 0.25) is 5.91 Å². The molecule has 2 aromatic rings. The van der Waals surface area contributed by atoms with Gasteiger partial charge in [-0.1, -0.05) is 43.6 Å². The summed E-state index contributed by atoms with van der Waals surface area (Å²) in [7, 11) is 0. The third-order valence-electron chi connectivity index (χ3n) is 5.95. The Labute approximate surface area is 187 Å². The monoisotopic (exact) mass is 435 g/mol. The number of amides is 1. The molecular formula is C25H26ClN3O2. The van der Waals surface area contributed by atoms with Crippen molar-refractivity contribution in [2.24, 2.45) is 16.3 Å². The molecule has 2 atom stereocenters. The lowest BCUT2D eigenvalue weighted by molar-refractivity contribution is -0.119. The molecule has 160 valence electrons. The normalized spacial score (nSPS) is 22.6. The second-order valence-corrected chi connectivity index (χ2v) is 9.65. The first-order valence-electron chi connectivity index (χ1n) is 10.5. The molecule has 31 heavy (non-hydrogen) atoms. The van der Waals surface area contributed by atoms with E-state index in [1.165, 1.54) is 0 Å². The van der Waals surface area contributed by atoms with Gasteiger partial charge in [-0.25, -0.2) is 4.98 Å². The summed E-state index contributed by atoms with van der Waals surface area (Å²) in [6, 6.07) is 12.9. The van der Waals surface area contributed by atoms with Crippen LogP contribution in [0.15, 0.2) is 58.7 Å². The van der Waals surface area contributed by atoms with Crippen molar-refractivity contribution in [2.45, 2.75) is 46.5 Å². The molecule has 0 bridgehead atoms. The average Bonchev–Trinajstić information content (AvgIpc) is 2.66. The summed E-state index contributed by atoms with van der Waals surface area (Å²) in [6.45, 7) is 7.91. The molecule has 5 nitrogen and oxygen atoms in total. The highest BCUT2D eigenvalue weighted by molar-refractivity contribution is 6.30. The fraction of sp³-hybridized carbons (Fsp3) is 0.360. The highest BCUT2D eigenvalue weighted by atomic mass is 35.5. The number of rotatable bonds is 3. The minimum absolute atomic E-state index is 0.0638. The van der Waals surface area contributed by atoms with Crippen LogP contribution in [0, 0.1) is 18.3 Å². The highest BCUT2D eigenvalue weighted by Gasteiger charge is 2.45. The van der Waals surface area contributed by atoms with Gasteiger partial charge in [0.1, 0.15) is 5.82 Å². The number of carbonyl (C=O) groups is 2. The molecule has 0 saturated carbocycles. The van der Waals surface area contributed by atoms with Gasteiger partial charge in [-0.3, -0.25) is 14.6 Å². The molecule has 1 unspecified atom stereocenters. The maximum absolute atomic E-state index is 13.5. The molecule has 2 aliphatic rings. The van der Waals surface area contributed by atoms with E-state index in [0.29, 0.717) is 35.0 Å². The number of aromatic nitrogens is 1. The lowest BCUT2D eigenvalue weighted by Gasteiger charge is -2.39. The number of hydrogen-bond donors (Lipinski definition) is 1. The molecule has 0 fully saturated rings. The number of carbonyl (C=O) groups excluding carboxylic acids is 2. The number of ketones is 1. The summed E-state index contributed by atoms with van der Waals surface area (Å²) in [6.07, 6.45) is 1.15. The Hall–Kier alpha value is -2.79. The van der Waals surface area contributed by atoms with E-state index in [1.807, 2.05) is 38.1 Å². The van der Waals surface area contributed by atoms with E-state index in [4.69, 9.17) is 16.6 Å². The number of nitrogens with zero attached hydrogens (tertiary/aromatic N) is 2. The fourth-order valence-corrected chi connectivity index (χ4v) is 4.76. The first kappa shape index (κ1) is 21.4. The van der Waals surface area contributed by atoms with Crippen molar-refractivity contribution in [3.8, 4) is 0 Å². The number of hydrogen-bond acceptors (Lipinski definition) is 4. The van der Waals surface area contributed by atoms with Gasteiger partial charge in [0, 0.05) is 40.0 Å². The van der Waals surface area contributed by atoms with Crippen LogP contribution in [0.3, 0.4) is 0 Å². The number of aryl methyl sites for hydroxylation is 1. The Kier molecular flexibility index (Phi) is 5.56. The van der Waals surface area contributed by atoms with Crippen molar-refractivity contribution in [3.05, 3.63) is 70.0 Å². The van der Waals surface area contributed by atoms with Crippen LogP contribution in [-0.4, -0.2) is 22.4 Å². The number of halogens is 1. The van der Waals surface area contributed by atoms with Gasteiger partial charge in [0.15, 0.2) is 5.78 Å². The molecule has 1 amide bonds. The number of aliphatic imine (C=N–C) groups is 1. The van der Waals surface area contributed by atoms with Crippen LogP contribution in [0.5, 0.6) is 0 Å². The Morgan fingerprint density at radius 2 is 1.81 bits per heavy atom.